The number of hydrogen-bond acceptors (Lipinski definition) is 1. The van der Waals surface area contributed by atoms with Gasteiger partial charge in [0.2, 0.25) is 5.91 Å². The van der Waals surface area contributed by atoms with Gasteiger partial charge in [0.25, 0.3) is 0 Å². The SMILES string of the molecule is NC(=O)c1cc(C2CC2)cc(C(F)(F)F)c1. The van der Waals surface area contributed by atoms with Crippen molar-refractivity contribution in [2.24, 2.45) is 5.73 Å². The lowest BCUT2D eigenvalue weighted by molar-refractivity contribution is -0.137. The third-order valence-electron chi connectivity index (χ3n) is 2.62. The fourth-order valence-electron chi connectivity index (χ4n) is 1.61. The number of primary amides is 1. The highest BCUT2D eigenvalue weighted by Crippen LogP contribution is 2.42. The van der Waals surface area contributed by atoms with Crippen LogP contribution in [-0.4, -0.2) is 5.91 Å². The molecule has 2 rings (SSSR count). The summed E-state index contributed by atoms with van der Waals surface area (Å²) in [5, 5.41) is 0. The highest BCUT2D eigenvalue weighted by Gasteiger charge is 2.33. The summed E-state index contributed by atoms with van der Waals surface area (Å²) in [5.41, 5.74) is 4.70. The molecule has 1 aliphatic rings. The molecule has 0 bridgehead atoms. The number of alkyl halides is 3. The Labute approximate surface area is 90.2 Å². The van der Waals surface area contributed by atoms with E-state index < -0.39 is 17.6 Å². The molecule has 0 atom stereocenters. The van der Waals surface area contributed by atoms with Gasteiger partial charge in [-0.15, -0.1) is 0 Å². The number of carbonyl (C=O) groups excluding carboxylic acids is 1. The van der Waals surface area contributed by atoms with Crippen molar-refractivity contribution < 1.29 is 18.0 Å². The maximum atomic E-state index is 12.5. The second-order valence-corrected chi connectivity index (χ2v) is 3.98. The first-order chi connectivity index (χ1) is 7.38. The largest absolute Gasteiger partial charge is 0.416 e. The summed E-state index contributed by atoms with van der Waals surface area (Å²) in [5.74, 6) is -0.673. The molecule has 86 valence electrons. The second kappa shape index (κ2) is 3.50. The maximum Gasteiger partial charge on any atom is 0.416 e. The van der Waals surface area contributed by atoms with Crippen LogP contribution in [-0.2, 0) is 6.18 Å². The molecule has 0 aliphatic heterocycles. The fraction of sp³-hybridized carbons (Fsp3) is 0.364. The summed E-state index contributed by atoms with van der Waals surface area (Å²) in [6.45, 7) is 0. The van der Waals surface area contributed by atoms with E-state index in [1.165, 1.54) is 6.07 Å². The van der Waals surface area contributed by atoms with Gasteiger partial charge >= 0.3 is 6.18 Å². The second-order valence-electron chi connectivity index (χ2n) is 3.98. The van der Waals surface area contributed by atoms with Crippen molar-refractivity contribution in [1.29, 1.82) is 0 Å². The van der Waals surface area contributed by atoms with Crippen LogP contribution < -0.4 is 5.73 Å². The number of nitrogens with two attached hydrogens (primary N) is 1. The van der Waals surface area contributed by atoms with Gasteiger partial charge < -0.3 is 5.73 Å². The Morgan fingerprint density at radius 3 is 2.31 bits per heavy atom. The molecule has 1 aromatic carbocycles. The Bertz CT molecular complexity index is 435. The van der Waals surface area contributed by atoms with Gasteiger partial charge in [-0.05, 0) is 42.5 Å². The van der Waals surface area contributed by atoms with E-state index in [-0.39, 0.29) is 11.5 Å². The van der Waals surface area contributed by atoms with Gasteiger partial charge in [-0.3, -0.25) is 4.79 Å². The Balaban J connectivity index is 2.48. The summed E-state index contributed by atoms with van der Waals surface area (Å²) >= 11 is 0. The van der Waals surface area contributed by atoms with E-state index >= 15 is 0 Å². The Morgan fingerprint density at radius 1 is 1.25 bits per heavy atom. The Morgan fingerprint density at radius 2 is 1.88 bits per heavy atom. The highest BCUT2D eigenvalue weighted by atomic mass is 19.4. The molecular weight excluding hydrogens is 219 g/mol. The molecular formula is C11H10F3NO. The number of rotatable bonds is 2. The van der Waals surface area contributed by atoms with Crippen molar-refractivity contribution in [3.8, 4) is 0 Å². The zero-order chi connectivity index (χ0) is 11.9. The third kappa shape index (κ3) is 2.18. The van der Waals surface area contributed by atoms with Gasteiger partial charge in [-0.2, -0.15) is 13.2 Å². The maximum absolute atomic E-state index is 12.5. The quantitative estimate of drug-likeness (QED) is 0.832. The zero-order valence-electron chi connectivity index (χ0n) is 8.34. The summed E-state index contributed by atoms with van der Waals surface area (Å²) in [6.07, 6.45) is -2.69. The number of carbonyl (C=O) groups is 1. The van der Waals surface area contributed by atoms with Gasteiger partial charge in [0.05, 0.1) is 5.56 Å². The molecule has 2 nitrogen and oxygen atoms in total. The van der Waals surface area contributed by atoms with Crippen molar-refractivity contribution in [2.45, 2.75) is 24.9 Å². The van der Waals surface area contributed by atoms with Gasteiger partial charge in [-0.1, -0.05) is 0 Å². The first-order valence-electron chi connectivity index (χ1n) is 4.90. The molecule has 0 radical (unpaired) electrons. The Kier molecular flexibility index (Phi) is 2.40. The van der Waals surface area contributed by atoms with Crippen molar-refractivity contribution in [3.63, 3.8) is 0 Å². The molecule has 5 heteroatoms. The summed E-state index contributed by atoms with van der Waals surface area (Å²) < 4.78 is 37.6. The lowest BCUT2D eigenvalue weighted by atomic mass is 10.0. The molecule has 1 aromatic rings. The van der Waals surface area contributed by atoms with Gasteiger partial charge in [-0.25, -0.2) is 0 Å². The van der Waals surface area contributed by atoms with Crippen LogP contribution in [0.4, 0.5) is 13.2 Å². The van der Waals surface area contributed by atoms with Crippen LogP contribution in [0.25, 0.3) is 0 Å². The molecule has 0 spiro atoms. The molecule has 1 saturated carbocycles. The average molecular weight is 229 g/mol. The standard InChI is InChI=1S/C11H10F3NO/c12-11(13,14)9-4-7(6-1-2-6)3-8(5-9)10(15)16/h3-6H,1-2H2,(H2,15,16). The Hall–Kier alpha value is -1.52. The molecule has 2 N–H and O–H groups in total. The summed E-state index contributed by atoms with van der Waals surface area (Å²) in [7, 11) is 0. The van der Waals surface area contributed by atoms with Crippen LogP contribution >= 0.6 is 0 Å². The normalized spacial score (nSPS) is 16.2. The minimum atomic E-state index is -4.44. The number of halogens is 3. The van der Waals surface area contributed by atoms with E-state index in [0.717, 1.165) is 25.0 Å². The summed E-state index contributed by atoms with van der Waals surface area (Å²) in [4.78, 5) is 10.9. The molecule has 0 unspecified atom stereocenters. The number of hydrogen-bond donors (Lipinski definition) is 1. The lowest BCUT2D eigenvalue weighted by Crippen LogP contribution is -2.14. The zero-order valence-corrected chi connectivity index (χ0v) is 8.34. The molecule has 1 aliphatic carbocycles. The molecule has 1 amide bonds. The van der Waals surface area contributed by atoms with E-state index in [2.05, 4.69) is 0 Å². The topological polar surface area (TPSA) is 43.1 Å². The van der Waals surface area contributed by atoms with E-state index in [1.807, 2.05) is 0 Å². The highest BCUT2D eigenvalue weighted by molar-refractivity contribution is 5.93. The minimum absolute atomic E-state index is 0.0725. The van der Waals surface area contributed by atoms with Crippen molar-refractivity contribution in [1.82, 2.24) is 0 Å². The third-order valence-corrected chi connectivity index (χ3v) is 2.62. The smallest absolute Gasteiger partial charge is 0.366 e. The van der Waals surface area contributed by atoms with Gasteiger partial charge in [0, 0.05) is 5.56 Å². The van der Waals surface area contributed by atoms with Crippen LogP contribution in [0.3, 0.4) is 0 Å². The van der Waals surface area contributed by atoms with E-state index in [4.69, 9.17) is 5.73 Å². The number of benzene rings is 1. The average Bonchev–Trinajstić information content (AvgIpc) is 2.98. The predicted octanol–water partition coefficient (Wildman–Crippen LogP) is 2.68. The number of amides is 1. The lowest BCUT2D eigenvalue weighted by Gasteiger charge is -2.10. The molecule has 1 fully saturated rings. The first-order valence-corrected chi connectivity index (χ1v) is 4.90. The van der Waals surface area contributed by atoms with Crippen LogP contribution in [0.2, 0.25) is 0 Å². The van der Waals surface area contributed by atoms with E-state index in [1.54, 1.807) is 0 Å². The molecule has 16 heavy (non-hydrogen) atoms. The van der Waals surface area contributed by atoms with Gasteiger partial charge in [0.15, 0.2) is 0 Å². The van der Waals surface area contributed by atoms with Crippen molar-refractivity contribution in [2.75, 3.05) is 0 Å². The van der Waals surface area contributed by atoms with Crippen LogP contribution in [0.15, 0.2) is 18.2 Å². The molecule has 0 aromatic heterocycles. The molecule has 0 heterocycles. The molecule has 0 saturated heterocycles. The van der Waals surface area contributed by atoms with E-state index in [9.17, 15) is 18.0 Å². The van der Waals surface area contributed by atoms with Crippen LogP contribution in [0.1, 0.15) is 40.2 Å². The predicted molar refractivity (Wildman–Crippen MR) is 51.9 cm³/mol. The monoisotopic (exact) mass is 229 g/mol. The van der Waals surface area contributed by atoms with Crippen molar-refractivity contribution >= 4 is 5.91 Å². The summed E-state index contributed by atoms with van der Waals surface area (Å²) in [6, 6.07) is 3.35. The van der Waals surface area contributed by atoms with Crippen LogP contribution in [0.5, 0.6) is 0 Å². The van der Waals surface area contributed by atoms with Crippen molar-refractivity contribution in [3.05, 3.63) is 34.9 Å². The van der Waals surface area contributed by atoms with Crippen LogP contribution in [0, 0.1) is 0 Å². The minimum Gasteiger partial charge on any atom is -0.366 e. The van der Waals surface area contributed by atoms with E-state index in [0.29, 0.717) is 5.56 Å². The first kappa shape index (κ1) is 11.0. The van der Waals surface area contributed by atoms with Gasteiger partial charge in [0.1, 0.15) is 0 Å². The fourth-order valence-corrected chi connectivity index (χ4v) is 1.61.